The van der Waals surface area contributed by atoms with Gasteiger partial charge in [-0.3, -0.25) is 4.79 Å². The molecule has 1 aromatic rings. The van der Waals surface area contributed by atoms with Gasteiger partial charge in [-0.15, -0.1) is 0 Å². The minimum absolute atomic E-state index is 0.0457. The van der Waals surface area contributed by atoms with Gasteiger partial charge in [0.2, 0.25) is 5.91 Å². The Morgan fingerprint density at radius 3 is 2.85 bits per heavy atom. The third-order valence-electron chi connectivity index (χ3n) is 4.12. The molecule has 1 saturated carbocycles. The number of hydrogen-bond acceptors (Lipinski definition) is 3. The summed E-state index contributed by atoms with van der Waals surface area (Å²) in [4.78, 5) is 12.5. The predicted octanol–water partition coefficient (Wildman–Crippen LogP) is 2.54. The summed E-state index contributed by atoms with van der Waals surface area (Å²) in [5.74, 6) is 0.464. The van der Waals surface area contributed by atoms with E-state index in [0.29, 0.717) is 19.1 Å². The van der Waals surface area contributed by atoms with Crippen molar-refractivity contribution in [2.45, 2.75) is 32.3 Å². The molecular formula is C16H24N2O2. The second-order valence-electron chi connectivity index (χ2n) is 5.47. The van der Waals surface area contributed by atoms with Crippen molar-refractivity contribution >= 4 is 11.6 Å². The van der Waals surface area contributed by atoms with Crippen LogP contribution in [0.25, 0.3) is 0 Å². The third-order valence-corrected chi connectivity index (χ3v) is 4.12. The van der Waals surface area contributed by atoms with Gasteiger partial charge in [-0.1, -0.05) is 31.0 Å². The molecule has 2 unspecified atom stereocenters. The standard InChI is InChI=1S/C16H24N2O2/c1-20-11-13-7-3-5-9-15(13)18-16(19)14-8-4-2-6-12(14)10-17/h3,5,7,9,12,14H,2,4,6,8,10-11,17H2,1H3,(H,18,19). The quantitative estimate of drug-likeness (QED) is 0.868. The van der Waals surface area contributed by atoms with E-state index in [2.05, 4.69) is 5.32 Å². The summed E-state index contributed by atoms with van der Waals surface area (Å²) < 4.78 is 5.17. The maximum atomic E-state index is 12.5. The van der Waals surface area contributed by atoms with Crippen molar-refractivity contribution in [3.8, 4) is 0 Å². The van der Waals surface area contributed by atoms with Crippen LogP contribution in [0.3, 0.4) is 0 Å². The van der Waals surface area contributed by atoms with Crippen molar-refractivity contribution in [1.29, 1.82) is 0 Å². The van der Waals surface area contributed by atoms with Gasteiger partial charge in [0, 0.05) is 24.3 Å². The number of amides is 1. The molecule has 2 atom stereocenters. The molecule has 1 amide bonds. The molecule has 1 aliphatic carbocycles. The smallest absolute Gasteiger partial charge is 0.227 e. The van der Waals surface area contributed by atoms with Crippen LogP contribution in [-0.2, 0) is 16.1 Å². The first-order chi connectivity index (χ1) is 9.76. The van der Waals surface area contributed by atoms with Gasteiger partial charge in [0.1, 0.15) is 0 Å². The number of carbonyl (C=O) groups excluding carboxylic acids is 1. The molecule has 1 fully saturated rings. The van der Waals surface area contributed by atoms with Crippen molar-refractivity contribution in [2.24, 2.45) is 17.6 Å². The Bertz CT molecular complexity index is 448. The first-order valence-electron chi connectivity index (χ1n) is 7.34. The van der Waals surface area contributed by atoms with E-state index in [4.69, 9.17) is 10.5 Å². The highest BCUT2D eigenvalue weighted by molar-refractivity contribution is 5.93. The summed E-state index contributed by atoms with van der Waals surface area (Å²) >= 11 is 0. The minimum Gasteiger partial charge on any atom is -0.380 e. The fraction of sp³-hybridized carbons (Fsp3) is 0.562. The molecule has 0 saturated heterocycles. The zero-order chi connectivity index (χ0) is 14.4. The monoisotopic (exact) mass is 276 g/mol. The summed E-state index contributed by atoms with van der Waals surface area (Å²) in [6.07, 6.45) is 4.31. The zero-order valence-corrected chi connectivity index (χ0v) is 12.1. The molecule has 0 bridgehead atoms. The van der Waals surface area contributed by atoms with E-state index in [1.807, 2.05) is 24.3 Å². The van der Waals surface area contributed by atoms with Crippen molar-refractivity contribution in [1.82, 2.24) is 0 Å². The van der Waals surface area contributed by atoms with Gasteiger partial charge in [0.15, 0.2) is 0 Å². The highest BCUT2D eigenvalue weighted by atomic mass is 16.5. The number of rotatable bonds is 5. The Morgan fingerprint density at radius 2 is 2.10 bits per heavy atom. The SMILES string of the molecule is COCc1ccccc1NC(=O)C1CCCCC1CN. The van der Waals surface area contributed by atoms with Gasteiger partial charge in [-0.05, 0) is 31.4 Å². The molecule has 4 heteroatoms. The number of hydrogen-bond donors (Lipinski definition) is 2. The second-order valence-corrected chi connectivity index (χ2v) is 5.47. The molecule has 3 N–H and O–H groups in total. The Hall–Kier alpha value is -1.39. The molecule has 0 aliphatic heterocycles. The fourth-order valence-electron chi connectivity index (χ4n) is 2.98. The van der Waals surface area contributed by atoms with Crippen LogP contribution < -0.4 is 11.1 Å². The lowest BCUT2D eigenvalue weighted by molar-refractivity contribution is -0.122. The van der Waals surface area contributed by atoms with E-state index in [-0.39, 0.29) is 11.8 Å². The average Bonchev–Trinajstić information content (AvgIpc) is 2.49. The van der Waals surface area contributed by atoms with Crippen LogP contribution in [0.5, 0.6) is 0 Å². The average molecular weight is 276 g/mol. The Kier molecular flexibility index (Phi) is 5.56. The van der Waals surface area contributed by atoms with Crippen LogP contribution >= 0.6 is 0 Å². The number of para-hydroxylation sites is 1. The molecule has 0 heterocycles. The largest absolute Gasteiger partial charge is 0.380 e. The summed E-state index contributed by atoms with van der Waals surface area (Å²) in [6.45, 7) is 1.10. The van der Waals surface area contributed by atoms with E-state index in [0.717, 1.165) is 30.5 Å². The van der Waals surface area contributed by atoms with Gasteiger partial charge in [-0.2, -0.15) is 0 Å². The van der Waals surface area contributed by atoms with Crippen LogP contribution in [0.15, 0.2) is 24.3 Å². The first kappa shape index (κ1) is 15.0. The molecular weight excluding hydrogens is 252 g/mol. The highest BCUT2D eigenvalue weighted by Crippen LogP contribution is 2.30. The second kappa shape index (κ2) is 7.41. The zero-order valence-electron chi connectivity index (χ0n) is 12.1. The number of ether oxygens (including phenoxy) is 1. The lowest BCUT2D eigenvalue weighted by atomic mass is 9.78. The van der Waals surface area contributed by atoms with Crippen LogP contribution in [0.1, 0.15) is 31.2 Å². The highest BCUT2D eigenvalue weighted by Gasteiger charge is 2.30. The number of carbonyl (C=O) groups is 1. The molecule has 1 aliphatic rings. The van der Waals surface area contributed by atoms with E-state index in [1.54, 1.807) is 7.11 Å². The van der Waals surface area contributed by atoms with Crippen molar-refractivity contribution in [3.05, 3.63) is 29.8 Å². The summed E-state index contributed by atoms with van der Waals surface area (Å²) in [7, 11) is 1.66. The number of methoxy groups -OCH3 is 1. The van der Waals surface area contributed by atoms with Crippen LogP contribution in [0, 0.1) is 11.8 Å². The lowest BCUT2D eigenvalue weighted by Crippen LogP contribution is -2.35. The first-order valence-corrected chi connectivity index (χ1v) is 7.34. The van der Waals surface area contributed by atoms with Gasteiger partial charge >= 0.3 is 0 Å². The van der Waals surface area contributed by atoms with Crippen molar-refractivity contribution in [3.63, 3.8) is 0 Å². The van der Waals surface area contributed by atoms with Crippen molar-refractivity contribution < 1.29 is 9.53 Å². The number of benzene rings is 1. The number of anilines is 1. The third kappa shape index (κ3) is 3.58. The predicted molar refractivity (Wildman–Crippen MR) is 80.3 cm³/mol. The molecule has 1 aromatic carbocycles. The van der Waals surface area contributed by atoms with E-state index in [9.17, 15) is 4.79 Å². The lowest BCUT2D eigenvalue weighted by Gasteiger charge is -2.29. The Balaban J connectivity index is 2.07. The summed E-state index contributed by atoms with van der Waals surface area (Å²) in [6, 6.07) is 7.77. The maximum Gasteiger partial charge on any atom is 0.227 e. The summed E-state index contributed by atoms with van der Waals surface area (Å²) in [5, 5.41) is 3.05. The van der Waals surface area contributed by atoms with Gasteiger partial charge in [-0.25, -0.2) is 0 Å². The van der Waals surface area contributed by atoms with Crippen molar-refractivity contribution in [2.75, 3.05) is 19.0 Å². The molecule has 2 rings (SSSR count). The molecule has 0 aromatic heterocycles. The van der Waals surface area contributed by atoms with E-state index < -0.39 is 0 Å². The maximum absolute atomic E-state index is 12.5. The van der Waals surface area contributed by atoms with Crippen LogP contribution in [0.4, 0.5) is 5.69 Å². The molecule has 0 spiro atoms. The van der Waals surface area contributed by atoms with Crippen LogP contribution in [-0.4, -0.2) is 19.6 Å². The minimum atomic E-state index is 0.0457. The van der Waals surface area contributed by atoms with E-state index in [1.165, 1.54) is 6.42 Å². The van der Waals surface area contributed by atoms with Gasteiger partial charge < -0.3 is 15.8 Å². The van der Waals surface area contributed by atoms with Crippen LogP contribution in [0.2, 0.25) is 0 Å². The number of nitrogens with two attached hydrogens (primary N) is 1. The summed E-state index contributed by atoms with van der Waals surface area (Å²) in [5.41, 5.74) is 7.65. The Morgan fingerprint density at radius 1 is 1.35 bits per heavy atom. The Labute approximate surface area is 120 Å². The number of nitrogens with one attached hydrogen (secondary N) is 1. The van der Waals surface area contributed by atoms with E-state index >= 15 is 0 Å². The normalized spacial score (nSPS) is 22.5. The molecule has 110 valence electrons. The molecule has 20 heavy (non-hydrogen) atoms. The topological polar surface area (TPSA) is 64.3 Å². The molecule has 0 radical (unpaired) electrons. The fourth-order valence-corrected chi connectivity index (χ4v) is 2.98. The van der Waals surface area contributed by atoms with Gasteiger partial charge in [0.05, 0.1) is 6.61 Å². The van der Waals surface area contributed by atoms with Gasteiger partial charge in [0.25, 0.3) is 0 Å². The molecule has 4 nitrogen and oxygen atoms in total.